The average Bonchev–Trinajstić information content (AvgIpc) is 3.67. The summed E-state index contributed by atoms with van der Waals surface area (Å²) in [5.74, 6) is 1.89. The largest absolute Gasteiger partial charge is 0.438 e. The maximum atomic E-state index is 6.56. The standard InChI is InChI=1S/C52H32N4O/c1-4-15-33(16-5-1)36-27-29-42(39-23-12-10-21-37(36)39)46-32-31-45-48-43(25-14-26-47(48)57-52(45)53-46)41-28-30-44(40-24-13-11-22-38(40)41)51-55-49(34-17-6-2-7-18-34)54-50(56-51)35-19-8-3-9-20-35/h1-32H. The molecule has 0 radical (unpaired) electrons. The minimum atomic E-state index is 0.610. The SMILES string of the molecule is c1ccc(-c2nc(-c3ccccc3)nc(-c3ccc(-c4cccc5oc6nc(-c7ccc(-c8ccccc8)c8ccccc78)ccc6c45)c4ccccc34)n2)cc1. The van der Waals surface area contributed by atoms with Crippen molar-refractivity contribution >= 4 is 43.6 Å². The first-order chi connectivity index (χ1) is 28.3. The van der Waals surface area contributed by atoms with Crippen LogP contribution < -0.4 is 0 Å². The second-order valence-electron chi connectivity index (χ2n) is 14.1. The Morgan fingerprint density at radius 3 is 1.42 bits per heavy atom. The first-order valence-electron chi connectivity index (χ1n) is 19.1. The Kier molecular flexibility index (Phi) is 7.74. The third-order valence-electron chi connectivity index (χ3n) is 10.8. The fourth-order valence-electron chi connectivity index (χ4n) is 8.13. The number of fused-ring (bicyclic) bond motifs is 5. The van der Waals surface area contributed by atoms with E-state index in [1.807, 2.05) is 66.7 Å². The quantitative estimate of drug-likeness (QED) is 0.171. The zero-order valence-electron chi connectivity index (χ0n) is 30.7. The number of hydrogen-bond donors (Lipinski definition) is 0. The van der Waals surface area contributed by atoms with Crippen LogP contribution in [0.1, 0.15) is 0 Å². The van der Waals surface area contributed by atoms with Crippen molar-refractivity contribution in [2.24, 2.45) is 0 Å². The minimum Gasteiger partial charge on any atom is -0.438 e. The summed E-state index contributed by atoms with van der Waals surface area (Å²) < 4.78 is 6.56. The molecule has 57 heavy (non-hydrogen) atoms. The fourth-order valence-corrected chi connectivity index (χ4v) is 8.13. The van der Waals surface area contributed by atoms with Crippen LogP contribution >= 0.6 is 0 Å². The molecule has 266 valence electrons. The Hall–Kier alpha value is -7.76. The first kappa shape index (κ1) is 32.7. The molecule has 5 nitrogen and oxygen atoms in total. The fraction of sp³-hybridized carbons (Fsp3) is 0. The normalized spacial score (nSPS) is 11.5. The van der Waals surface area contributed by atoms with Crippen molar-refractivity contribution in [3.63, 3.8) is 0 Å². The molecule has 11 rings (SSSR count). The third-order valence-corrected chi connectivity index (χ3v) is 10.8. The van der Waals surface area contributed by atoms with E-state index in [4.69, 9.17) is 24.4 Å². The number of nitrogens with zero attached hydrogens (tertiary/aromatic N) is 4. The lowest BCUT2D eigenvalue weighted by atomic mass is 9.92. The van der Waals surface area contributed by atoms with Gasteiger partial charge < -0.3 is 4.42 Å². The van der Waals surface area contributed by atoms with E-state index in [-0.39, 0.29) is 0 Å². The zero-order chi connectivity index (χ0) is 37.7. The molecule has 0 atom stereocenters. The highest BCUT2D eigenvalue weighted by molar-refractivity contribution is 6.16. The Bertz CT molecular complexity index is 3230. The summed E-state index contributed by atoms with van der Waals surface area (Å²) >= 11 is 0. The van der Waals surface area contributed by atoms with Crippen molar-refractivity contribution in [2.75, 3.05) is 0 Å². The first-order valence-corrected chi connectivity index (χ1v) is 19.1. The number of hydrogen-bond acceptors (Lipinski definition) is 5. The van der Waals surface area contributed by atoms with E-state index in [0.717, 1.165) is 71.6 Å². The van der Waals surface area contributed by atoms with Crippen molar-refractivity contribution in [1.82, 2.24) is 19.9 Å². The van der Waals surface area contributed by atoms with Gasteiger partial charge in [-0.1, -0.05) is 170 Å². The van der Waals surface area contributed by atoms with Gasteiger partial charge in [-0.25, -0.2) is 19.9 Å². The molecule has 0 N–H and O–H groups in total. The van der Waals surface area contributed by atoms with Crippen LogP contribution in [0.3, 0.4) is 0 Å². The summed E-state index contributed by atoms with van der Waals surface area (Å²) in [5, 5.41) is 6.49. The number of pyridine rings is 1. The van der Waals surface area contributed by atoms with Gasteiger partial charge in [-0.2, -0.15) is 0 Å². The number of benzene rings is 8. The third kappa shape index (κ3) is 5.64. The Morgan fingerprint density at radius 1 is 0.281 bits per heavy atom. The molecule has 0 saturated carbocycles. The molecule has 0 spiro atoms. The monoisotopic (exact) mass is 728 g/mol. The molecule has 0 bridgehead atoms. The van der Waals surface area contributed by atoms with Crippen LogP contribution in [0, 0.1) is 0 Å². The van der Waals surface area contributed by atoms with Gasteiger partial charge in [0.15, 0.2) is 17.5 Å². The highest BCUT2D eigenvalue weighted by Crippen LogP contribution is 2.42. The molecule has 0 aliphatic heterocycles. The van der Waals surface area contributed by atoms with Crippen molar-refractivity contribution in [3.05, 3.63) is 194 Å². The van der Waals surface area contributed by atoms with Crippen molar-refractivity contribution < 1.29 is 4.42 Å². The van der Waals surface area contributed by atoms with Gasteiger partial charge in [-0.3, -0.25) is 0 Å². The van der Waals surface area contributed by atoms with E-state index >= 15 is 0 Å². The predicted octanol–water partition coefficient (Wildman–Crippen LogP) is 13.5. The number of aromatic nitrogens is 4. The van der Waals surface area contributed by atoms with Gasteiger partial charge in [0.05, 0.1) is 5.69 Å². The molecule has 3 aromatic heterocycles. The summed E-state index contributed by atoms with van der Waals surface area (Å²) in [6.07, 6.45) is 0. The lowest BCUT2D eigenvalue weighted by Gasteiger charge is -2.13. The van der Waals surface area contributed by atoms with Gasteiger partial charge in [-0.05, 0) is 68.1 Å². The smallest absolute Gasteiger partial charge is 0.227 e. The molecule has 0 fully saturated rings. The Labute approximate surface area is 328 Å². The van der Waals surface area contributed by atoms with E-state index in [1.54, 1.807) is 0 Å². The molecule has 0 aliphatic carbocycles. The summed E-state index contributed by atoms with van der Waals surface area (Å²) in [4.78, 5) is 20.2. The van der Waals surface area contributed by atoms with E-state index < -0.39 is 0 Å². The Morgan fingerprint density at radius 2 is 0.772 bits per heavy atom. The summed E-state index contributed by atoms with van der Waals surface area (Å²) in [7, 11) is 0. The van der Waals surface area contributed by atoms with Crippen molar-refractivity contribution in [3.8, 4) is 67.7 Å². The van der Waals surface area contributed by atoms with Crippen molar-refractivity contribution in [2.45, 2.75) is 0 Å². The van der Waals surface area contributed by atoms with Crippen LogP contribution in [0.25, 0.3) is 111 Å². The molecule has 5 heteroatoms. The van der Waals surface area contributed by atoms with E-state index in [0.29, 0.717) is 23.2 Å². The van der Waals surface area contributed by atoms with Gasteiger partial charge in [0, 0.05) is 33.0 Å². The highest BCUT2D eigenvalue weighted by atomic mass is 16.3. The molecule has 0 unspecified atom stereocenters. The second-order valence-corrected chi connectivity index (χ2v) is 14.1. The topological polar surface area (TPSA) is 64.7 Å². The lowest BCUT2D eigenvalue weighted by molar-refractivity contribution is 0.655. The summed E-state index contributed by atoms with van der Waals surface area (Å²) in [6, 6.07) is 67.0. The molecular formula is C52H32N4O. The van der Waals surface area contributed by atoms with Crippen LogP contribution in [0.15, 0.2) is 199 Å². The summed E-state index contributed by atoms with van der Waals surface area (Å²) in [5.41, 5.74) is 10.7. The van der Waals surface area contributed by atoms with Crippen LogP contribution in [-0.4, -0.2) is 19.9 Å². The molecule has 0 aliphatic rings. The lowest BCUT2D eigenvalue weighted by Crippen LogP contribution is -2.00. The van der Waals surface area contributed by atoms with Crippen LogP contribution in [0.4, 0.5) is 0 Å². The number of furan rings is 1. The van der Waals surface area contributed by atoms with Crippen LogP contribution in [0.5, 0.6) is 0 Å². The van der Waals surface area contributed by atoms with E-state index in [2.05, 4.69) is 127 Å². The van der Waals surface area contributed by atoms with Gasteiger partial charge in [-0.15, -0.1) is 0 Å². The maximum absolute atomic E-state index is 6.56. The molecule has 3 heterocycles. The zero-order valence-corrected chi connectivity index (χ0v) is 30.7. The minimum absolute atomic E-state index is 0.610. The molecule has 11 aromatic rings. The number of rotatable bonds is 6. The van der Waals surface area contributed by atoms with E-state index in [1.165, 1.54) is 16.5 Å². The Balaban J connectivity index is 1.05. The molecule has 8 aromatic carbocycles. The van der Waals surface area contributed by atoms with E-state index in [9.17, 15) is 0 Å². The second kappa shape index (κ2) is 13.5. The predicted molar refractivity (Wildman–Crippen MR) is 233 cm³/mol. The maximum Gasteiger partial charge on any atom is 0.227 e. The molecular weight excluding hydrogens is 697 g/mol. The highest BCUT2D eigenvalue weighted by Gasteiger charge is 2.20. The molecule has 0 amide bonds. The van der Waals surface area contributed by atoms with Gasteiger partial charge in [0.1, 0.15) is 5.58 Å². The summed E-state index contributed by atoms with van der Waals surface area (Å²) in [6.45, 7) is 0. The van der Waals surface area contributed by atoms with Crippen LogP contribution in [0.2, 0.25) is 0 Å². The van der Waals surface area contributed by atoms with Gasteiger partial charge >= 0.3 is 0 Å². The average molecular weight is 729 g/mol. The molecule has 0 saturated heterocycles. The van der Waals surface area contributed by atoms with Crippen LogP contribution in [-0.2, 0) is 0 Å². The van der Waals surface area contributed by atoms with Gasteiger partial charge in [0.2, 0.25) is 5.71 Å². The van der Waals surface area contributed by atoms with Crippen molar-refractivity contribution in [1.29, 1.82) is 0 Å². The van der Waals surface area contributed by atoms with Gasteiger partial charge in [0.25, 0.3) is 0 Å².